The van der Waals surface area contributed by atoms with Gasteiger partial charge < -0.3 is 24.8 Å². The monoisotopic (exact) mass is 506 g/mol. The van der Waals surface area contributed by atoms with Gasteiger partial charge in [0.2, 0.25) is 11.9 Å². The van der Waals surface area contributed by atoms with Gasteiger partial charge in [-0.05, 0) is 56.6 Å². The Morgan fingerprint density at radius 2 is 2.00 bits per heavy atom. The van der Waals surface area contributed by atoms with E-state index < -0.39 is 17.5 Å². The van der Waals surface area contributed by atoms with Gasteiger partial charge in [-0.2, -0.15) is 8.78 Å². The first kappa shape index (κ1) is 25.8. The molecule has 0 atom stereocenters. The number of rotatable bonds is 10. The second-order valence-electron chi connectivity index (χ2n) is 8.67. The summed E-state index contributed by atoms with van der Waals surface area (Å²) in [6.45, 7) is 5.13. The van der Waals surface area contributed by atoms with E-state index in [0.717, 1.165) is 30.1 Å². The van der Waals surface area contributed by atoms with Gasteiger partial charge in [0.15, 0.2) is 11.4 Å². The van der Waals surface area contributed by atoms with Crippen LogP contribution in [0.15, 0.2) is 73.6 Å². The lowest BCUT2D eigenvalue weighted by atomic mass is 10.0. The molecule has 2 heterocycles. The molecule has 4 rings (SSSR count). The Kier molecular flexibility index (Phi) is 7.49. The molecular weight excluding hydrogens is 478 g/mol. The summed E-state index contributed by atoms with van der Waals surface area (Å²) in [4.78, 5) is 22.0. The van der Waals surface area contributed by atoms with Crippen LogP contribution >= 0.6 is 0 Å². The quantitative estimate of drug-likeness (QED) is 0.294. The summed E-state index contributed by atoms with van der Waals surface area (Å²) < 4.78 is 38.6. The Hall–Kier alpha value is -4.31. The van der Waals surface area contributed by atoms with Gasteiger partial charge in [-0.3, -0.25) is 4.79 Å². The highest BCUT2D eigenvalue weighted by Crippen LogP contribution is 2.40. The minimum atomic E-state index is -3.53. The lowest BCUT2D eigenvalue weighted by molar-refractivity contribution is -0.111. The van der Waals surface area contributed by atoms with Gasteiger partial charge in [-0.1, -0.05) is 18.7 Å². The first-order chi connectivity index (χ1) is 17.7. The first-order valence-corrected chi connectivity index (χ1v) is 11.5. The fourth-order valence-corrected chi connectivity index (χ4v) is 3.84. The van der Waals surface area contributed by atoms with E-state index in [1.54, 1.807) is 0 Å². The lowest BCUT2D eigenvalue weighted by Crippen LogP contribution is -2.20. The van der Waals surface area contributed by atoms with E-state index in [1.807, 2.05) is 44.6 Å². The number of aromatic nitrogens is 3. The van der Waals surface area contributed by atoms with E-state index in [0.29, 0.717) is 5.69 Å². The van der Waals surface area contributed by atoms with E-state index in [4.69, 9.17) is 4.74 Å². The van der Waals surface area contributed by atoms with Gasteiger partial charge in [-0.25, -0.2) is 9.97 Å². The number of halogens is 2. The number of benzene rings is 2. The number of methoxy groups -OCH3 is 1. The molecule has 0 fully saturated rings. The van der Waals surface area contributed by atoms with Crippen molar-refractivity contribution in [2.45, 2.75) is 12.5 Å². The summed E-state index contributed by atoms with van der Waals surface area (Å²) >= 11 is 0. The van der Waals surface area contributed by atoms with E-state index in [2.05, 4.69) is 36.6 Å². The molecule has 0 bridgehead atoms. The molecule has 4 aromatic rings. The number of nitrogens with one attached hydrogen (secondary N) is 2. The number of hydrogen-bond acceptors (Lipinski definition) is 6. The second-order valence-corrected chi connectivity index (χ2v) is 8.67. The number of hydrogen-bond donors (Lipinski definition) is 2. The van der Waals surface area contributed by atoms with E-state index in [1.165, 1.54) is 37.6 Å². The number of carbonyl (C=O) groups excluding carboxylic acids is 1. The Morgan fingerprint density at radius 3 is 2.73 bits per heavy atom. The van der Waals surface area contributed by atoms with Crippen LogP contribution in [-0.2, 0) is 17.3 Å². The van der Waals surface area contributed by atoms with Crippen LogP contribution < -0.4 is 15.4 Å². The highest BCUT2D eigenvalue weighted by atomic mass is 19.3. The van der Waals surface area contributed by atoms with Crippen molar-refractivity contribution in [3.63, 3.8) is 0 Å². The van der Waals surface area contributed by atoms with Crippen molar-refractivity contribution >= 4 is 34.1 Å². The molecular formula is C27H28F2N6O2. The maximum Gasteiger partial charge on any atom is 0.318 e. The number of nitrogens with zero attached hydrogens (tertiary/aromatic N) is 4. The van der Waals surface area contributed by atoms with Gasteiger partial charge >= 0.3 is 5.92 Å². The van der Waals surface area contributed by atoms with Crippen LogP contribution in [0.5, 0.6) is 5.75 Å². The number of anilines is 3. The summed E-state index contributed by atoms with van der Waals surface area (Å²) in [7, 11) is 5.33. The molecule has 0 unspecified atom stereocenters. The fourth-order valence-electron chi connectivity index (χ4n) is 3.84. The van der Waals surface area contributed by atoms with Crippen LogP contribution in [0.3, 0.4) is 0 Å². The predicted molar refractivity (Wildman–Crippen MR) is 141 cm³/mol. The molecule has 37 heavy (non-hydrogen) atoms. The number of fused-ring (bicyclic) bond motifs is 1. The molecule has 0 aliphatic heterocycles. The third-order valence-electron chi connectivity index (χ3n) is 5.77. The van der Waals surface area contributed by atoms with Crippen LogP contribution in [0.1, 0.15) is 11.3 Å². The van der Waals surface area contributed by atoms with Crippen molar-refractivity contribution in [2.75, 3.05) is 38.4 Å². The molecule has 10 heteroatoms. The zero-order valence-electron chi connectivity index (χ0n) is 20.8. The van der Waals surface area contributed by atoms with E-state index in [-0.39, 0.29) is 22.9 Å². The number of ether oxygens (including phenoxy) is 1. The van der Waals surface area contributed by atoms with Crippen molar-refractivity contribution < 1.29 is 18.3 Å². The summed E-state index contributed by atoms with van der Waals surface area (Å²) in [5.41, 5.74) is 0.970. The maximum atomic E-state index is 15.7. The van der Waals surface area contributed by atoms with E-state index >= 15 is 8.78 Å². The normalized spacial score (nSPS) is 11.5. The molecule has 2 aromatic carbocycles. The Bertz CT molecular complexity index is 1430. The summed E-state index contributed by atoms with van der Waals surface area (Å²) in [5, 5.41) is 6.51. The summed E-state index contributed by atoms with van der Waals surface area (Å²) in [5.74, 6) is -4.20. The molecule has 0 aliphatic rings. The van der Waals surface area contributed by atoms with Crippen molar-refractivity contribution in [3.05, 3.63) is 84.8 Å². The van der Waals surface area contributed by atoms with Crippen LogP contribution in [0.25, 0.3) is 10.9 Å². The first-order valence-electron chi connectivity index (χ1n) is 11.5. The standard InChI is InChI=1S/C27H28F2N6O2/c1-5-24(36)31-20-8-6-7-19(16-20)27(28,29)25-23(37-4)17-30-26(33-25)32-21-9-10-22-18(15-21)11-12-35(22)14-13-34(2)3/h5-12,15-17H,1,13-14H2,2-4H3,(H,31,36)(H,30,32,33). The molecule has 2 N–H and O–H groups in total. The minimum Gasteiger partial charge on any atom is -0.493 e. The molecule has 1 amide bonds. The van der Waals surface area contributed by atoms with Crippen LogP contribution in [-0.4, -0.2) is 53.1 Å². The Balaban J connectivity index is 1.62. The third-order valence-corrected chi connectivity index (χ3v) is 5.77. The third kappa shape index (κ3) is 5.75. The minimum absolute atomic E-state index is 0.00187. The van der Waals surface area contributed by atoms with Crippen molar-refractivity contribution in [3.8, 4) is 5.75 Å². The van der Waals surface area contributed by atoms with Gasteiger partial charge in [0.25, 0.3) is 0 Å². The number of alkyl halides is 2. The summed E-state index contributed by atoms with van der Waals surface area (Å²) in [6, 6.07) is 13.1. The zero-order valence-corrected chi connectivity index (χ0v) is 20.8. The van der Waals surface area contributed by atoms with Gasteiger partial charge in [0.05, 0.1) is 13.3 Å². The zero-order chi connectivity index (χ0) is 26.6. The van der Waals surface area contributed by atoms with Crippen LogP contribution in [0, 0.1) is 0 Å². The molecule has 192 valence electrons. The maximum absolute atomic E-state index is 15.7. The molecule has 2 aromatic heterocycles. The topological polar surface area (TPSA) is 84.3 Å². The number of amides is 1. The van der Waals surface area contributed by atoms with Crippen molar-refractivity contribution in [1.29, 1.82) is 0 Å². The summed E-state index contributed by atoms with van der Waals surface area (Å²) in [6.07, 6.45) is 4.29. The number of likely N-dealkylation sites (N-methyl/N-ethyl adjacent to an activating group) is 1. The second kappa shape index (κ2) is 10.8. The fraction of sp³-hybridized carbons (Fsp3) is 0.222. The van der Waals surface area contributed by atoms with Gasteiger partial charge in [0.1, 0.15) is 0 Å². The van der Waals surface area contributed by atoms with E-state index in [9.17, 15) is 4.79 Å². The Morgan fingerprint density at radius 1 is 1.19 bits per heavy atom. The molecule has 8 nitrogen and oxygen atoms in total. The van der Waals surface area contributed by atoms with Crippen molar-refractivity contribution in [2.24, 2.45) is 0 Å². The van der Waals surface area contributed by atoms with Crippen LogP contribution in [0.4, 0.5) is 26.1 Å². The lowest BCUT2D eigenvalue weighted by Gasteiger charge is -2.20. The average Bonchev–Trinajstić information content (AvgIpc) is 3.29. The largest absolute Gasteiger partial charge is 0.493 e. The molecule has 0 aliphatic carbocycles. The van der Waals surface area contributed by atoms with Gasteiger partial charge in [0, 0.05) is 47.1 Å². The molecule has 0 spiro atoms. The molecule has 0 saturated heterocycles. The number of carbonyl (C=O) groups is 1. The molecule has 0 saturated carbocycles. The molecule has 0 radical (unpaired) electrons. The average molecular weight is 507 g/mol. The van der Waals surface area contributed by atoms with Crippen molar-refractivity contribution in [1.82, 2.24) is 19.4 Å². The smallest absolute Gasteiger partial charge is 0.318 e. The Labute approximate surface area is 213 Å². The SMILES string of the molecule is C=CC(=O)Nc1cccc(C(F)(F)c2nc(Nc3ccc4c(ccn4CCN(C)C)c3)ncc2OC)c1. The predicted octanol–water partition coefficient (Wildman–Crippen LogP) is 5.01. The highest BCUT2D eigenvalue weighted by molar-refractivity contribution is 5.98. The van der Waals surface area contributed by atoms with Gasteiger partial charge in [-0.15, -0.1) is 0 Å². The van der Waals surface area contributed by atoms with Crippen LogP contribution in [0.2, 0.25) is 0 Å². The highest BCUT2D eigenvalue weighted by Gasteiger charge is 2.39.